The largest absolute Gasteiger partial charge is 0.453 e. The van der Waals surface area contributed by atoms with Crippen LogP contribution in [0, 0.1) is 5.92 Å². The molecule has 146 valence electrons. The summed E-state index contributed by atoms with van der Waals surface area (Å²) < 4.78 is 4.76. The summed E-state index contributed by atoms with van der Waals surface area (Å²) >= 11 is 0. The van der Waals surface area contributed by atoms with Crippen molar-refractivity contribution in [3.05, 3.63) is 0 Å². The fourth-order valence-corrected chi connectivity index (χ4v) is 3.48. The lowest BCUT2D eigenvalue weighted by Gasteiger charge is -2.33. The van der Waals surface area contributed by atoms with Crippen LogP contribution in [-0.4, -0.2) is 73.8 Å². The third-order valence-electron chi connectivity index (χ3n) is 4.76. The monoisotopic (exact) mass is 356 g/mol. The van der Waals surface area contributed by atoms with Crippen molar-refractivity contribution >= 4 is 12.1 Å². The van der Waals surface area contributed by atoms with Gasteiger partial charge in [0.05, 0.1) is 7.11 Å². The summed E-state index contributed by atoms with van der Waals surface area (Å²) in [5.74, 6) is 0.586. The third kappa shape index (κ3) is 7.50. The van der Waals surface area contributed by atoms with Crippen molar-refractivity contribution in [3.63, 3.8) is 0 Å². The Labute approximate surface area is 152 Å². The third-order valence-corrected chi connectivity index (χ3v) is 4.76. The normalized spacial score (nSPS) is 19.0. The van der Waals surface area contributed by atoms with Crippen LogP contribution in [-0.2, 0) is 4.74 Å². The number of nitrogens with zero attached hydrogens (tertiary/aromatic N) is 2. The molecule has 25 heavy (non-hydrogen) atoms. The van der Waals surface area contributed by atoms with Gasteiger partial charge in [-0.3, -0.25) is 4.90 Å². The van der Waals surface area contributed by atoms with Crippen molar-refractivity contribution in [2.24, 2.45) is 5.92 Å². The zero-order valence-electron chi connectivity index (χ0n) is 16.5. The van der Waals surface area contributed by atoms with Crippen molar-refractivity contribution < 1.29 is 14.3 Å². The molecule has 2 atom stereocenters. The molecule has 1 rings (SSSR count). The lowest BCUT2D eigenvalue weighted by atomic mass is 10.0. The molecule has 0 aliphatic carbocycles. The number of likely N-dealkylation sites (tertiary alicyclic amines) is 1. The van der Waals surface area contributed by atoms with Crippen LogP contribution >= 0.6 is 0 Å². The van der Waals surface area contributed by atoms with Gasteiger partial charge in [-0.15, -0.1) is 0 Å². The Balaban J connectivity index is 2.47. The highest BCUT2D eigenvalue weighted by atomic mass is 16.5. The van der Waals surface area contributed by atoms with E-state index in [0.29, 0.717) is 31.6 Å². The first-order chi connectivity index (χ1) is 11.9. The zero-order valence-corrected chi connectivity index (χ0v) is 16.5. The van der Waals surface area contributed by atoms with Crippen LogP contribution in [0.5, 0.6) is 0 Å². The van der Waals surface area contributed by atoms with Crippen LogP contribution in [0.2, 0.25) is 0 Å². The quantitative estimate of drug-likeness (QED) is 0.700. The summed E-state index contributed by atoms with van der Waals surface area (Å²) in [5.41, 5.74) is 0. The second kappa shape index (κ2) is 11.2. The first kappa shape index (κ1) is 21.5. The Hall–Kier alpha value is -1.50. The van der Waals surface area contributed by atoms with Gasteiger partial charge < -0.3 is 20.3 Å². The molecule has 0 aromatic rings. The zero-order chi connectivity index (χ0) is 18.8. The van der Waals surface area contributed by atoms with Gasteiger partial charge in [-0.25, -0.2) is 9.59 Å². The molecule has 1 saturated heterocycles. The van der Waals surface area contributed by atoms with Gasteiger partial charge in [0.2, 0.25) is 0 Å². The number of likely N-dealkylation sites (N-methyl/N-ethyl adjacent to an activating group) is 1. The Bertz CT molecular complexity index is 413. The smallest absolute Gasteiger partial charge is 0.409 e. The maximum atomic E-state index is 12.3. The van der Waals surface area contributed by atoms with Crippen LogP contribution in [0.1, 0.15) is 47.0 Å². The summed E-state index contributed by atoms with van der Waals surface area (Å²) in [5, 5.41) is 6.01. The van der Waals surface area contributed by atoms with E-state index in [1.807, 2.05) is 0 Å². The van der Waals surface area contributed by atoms with E-state index in [2.05, 4.69) is 43.2 Å². The lowest BCUT2D eigenvalue weighted by Crippen LogP contribution is -2.53. The number of rotatable bonds is 8. The van der Waals surface area contributed by atoms with Gasteiger partial charge in [0.25, 0.3) is 0 Å². The SMILES string of the molecule is CCN(CC)C(CNC(=O)NC1CCCN(C(=O)OC)C1)CC(C)C. The molecule has 0 aromatic heterocycles. The minimum atomic E-state index is -0.328. The van der Waals surface area contributed by atoms with Crippen LogP contribution in [0.3, 0.4) is 0 Å². The number of hydrogen-bond donors (Lipinski definition) is 2. The summed E-state index contributed by atoms with van der Waals surface area (Å²) in [6.45, 7) is 12.5. The Kier molecular flexibility index (Phi) is 9.63. The second-order valence-electron chi connectivity index (χ2n) is 7.11. The number of urea groups is 1. The number of nitrogens with one attached hydrogen (secondary N) is 2. The molecule has 2 N–H and O–H groups in total. The maximum Gasteiger partial charge on any atom is 0.409 e. The van der Waals surface area contributed by atoms with Crippen molar-refractivity contribution in [2.45, 2.75) is 59.0 Å². The summed E-state index contributed by atoms with van der Waals surface area (Å²) in [7, 11) is 1.38. The van der Waals surface area contributed by atoms with Crippen LogP contribution in [0.15, 0.2) is 0 Å². The second-order valence-corrected chi connectivity index (χ2v) is 7.11. The molecule has 0 spiro atoms. The highest BCUT2D eigenvalue weighted by Crippen LogP contribution is 2.12. The van der Waals surface area contributed by atoms with E-state index in [1.54, 1.807) is 4.90 Å². The van der Waals surface area contributed by atoms with Crippen molar-refractivity contribution in [3.8, 4) is 0 Å². The van der Waals surface area contributed by atoms with Gasteiger partial charge in [-0.05, 0) is 38.3 Å². The summed E-state index contributed by atoms with van der Waals surface area (Å²) in [4.78, 5) is 27.9. The minimum Gasteiger partial charge on any atom is -0.453 e. The molecular weight excluding hydrogens is 320 g/mol. The average molecular weight is 357 g/mol. The van der Waals surface area contributed by atoms with E-state index in [0.717, 1.165) is 32.4 Å². The van der Waals surface area contributed by atoms with E-state index in [1.165, 1.54) is 7.11 Å². The van der Waals surface area contributed by atoms with E-state index in [9.17, 15) is 9.59 Å². The molecule has 1 fully saturated rings. The molecule has 3 amide bonds. The fraction of sp³-hybridized carbons (Fsp3) is 0.889. The molecule has 0 radical (unpaired) electrons. The van der Waals surface area contributed by atoms with Gasteiger partial charge in [-0.1, -0.05) is 27.7 Å². The van der Waals surface area contributed by atoms with Crippen LogP contribution in [0.25, 0.3) is 0 Å². The molecule has 1 aliphatic rings. The number of carbonyl (C=O) groups is 2. The lowest BCUT2D eigenvalue weighted by molar-refractivity contribution is 0.108. The van der Waals surface area contributed by atoms with E-state index < -0.39 is 0 Å². The molecule has 0 bridgehead atoms. The highest BCUT2D eigenvalue weighted by molar-refractivity contribution is 5.74. The molecule has 2 unspecified atom stereocenters. The molecule has 0 aromatic carbocycles. The van der Waals surface area contributed by atoms with E-state index >= 15 is 0 Å². The van der Waals surface area contributed by atoms with E-state index in [-0.39, 0.29) is 18.2 Å². The molecular formula is C18H36N4O3. The van der Waals surface area contributed by atoms with Gasteiger partial charge >= 0.3 is 12.1 Å². The van der Waals surface area contributed by atoms with Crippen molar-refractivity contribution in [1.82, 2.24) is 20.4 Å². The van der Waals surface area contributed by atoms with Crippen LogP contribution < -0.4 is 10.6 Å². The number of methoxy groups -OCH3 is 1. The fourth-order valence-electron chi connectivity index (χ4n) is 3.48. The number of ether oxygens (including phenoxy) is 1. The predicted octanol–water partition coefficient (Wildman–Crippen LogP) is 2.27. The molecule has 1 heterocycles. The summed E-state index contributed by atoms with van der Waals surface area (Å²) in [6, 6.07) is 0.168. The molecule has 0 saturated carbocycles. The Morgan fingerprint density at radius 2 is 1.96 bits per heavy atom. The number of piperidine rings is 1. The van der Waals surface area contributed by atoms with Crippen molar-refractivity contribution in [2.75, 3.05) is 39.8 Å². The Morgan fingerprint density at radius 1 is 1.28 bits per heavy atom. The number of amides is 3. The molecule has 7 nitrogen and oxygen atoms in total. The minimum absolute atomic E-state index is 0.0233. The summed E-state index contributed by atoms with van der Waals surface area (Å²) in [6.07, 6.45) is 2.48. The number of carbonyl (C=O) groups excluding carboxylic acids is 2. The van der Waals surface area contributed by atoms with E-state index in [4.69, 9.17) is 4.74 Å². The molecule has 7 heteroatoms. The van der Waals surface area contributed by atoms with Gasteiger partial charge in [0.15, 0.2) is 0 Å². The first-order valence-corrected chi connectivity index (χ1v) is 9.52. The van der Waals surface area contributed by atoms with Gasteiger partial charge in [0, 0.05) is 31.7 Å². The highest BCUT2D eigenvalue weighted by Gasteiger charge is 2.25. The maximum absolute atomic E-state index is 12.3. The number of hydrogen-bond acceptors (Lipinski definition) is 4. The van der Waals surface area contributed by atoms with Crippen LogP contribution in [0.4, 0.5) is 9.59 Å². The predicted molar refractivity (Wildman–Crippen MR) is 99.7 cm³/mol. The van der Waals surface area contributed by atoms with Crippen molar-refractivity contribution in [1.29, 1.82) is 0 Å². The first-order valence-electron chi connectivity index (χ1n) is 9.52. The molecule has 1 aliphatic heterocycles. The Morgan fingerprint density at radius 3 is 2.52 bits per heavy atom. The topological polar surface area (TPSA) is 73.9 Å². The standard InChI is InChI=1S/C18H36N4O3/c1-6-21(7-2)16(11-14(3)4)12-19-17(23)20-15-9-8-10-22(13-15)18(24)25-5/h14-16H,6-13H2,1-5H3,(H2,19,20,23). The van der Waals surface area contributed by atoms with Gasteiger partial charge in [0.1, 0.15) is 0 Å². The van der Waals surface area contributed by atoms with Gasteiger partial charge in [-0.2, -0.15) is 0 Å². The average Bonchev–Trinajstić information content (AvgIpc) is 2.59.